The van der Waals surface area contributed by atoms with Gasteiger partial charge in [-0.05, 0) is 0 Å². The number of nitriles is 1. The van der Waals surface area contributed by atoms with Crippen LogP contribution in [0, 0.1) is 11.3 Å². The topological polar surface area (TPSA) is 124 Å². The molecule has 2 aromatic rings. The zero-order chi connectivity index (χ0) is 17.3. The van der Waals surface area contributed by atoms with Crippen LogP contribution in [-0.4, -0.2) is 69.7 Å². The number of aromatic nitrogens is 3. The van der Waals surface area contributed by atoms with Crippen molar-refractivity contribution in [1.29, 1.82) is 5.26 Å². The Labute approximate surface area is 144 Å². The Balaban J connectivity index is 2.10. The summed E-state index contributed by atoms with van der Waals surface area (Å²) < 4.78 is 7.83. The van der Waals surface area contributed by atoms with Crippen molar-refractivity contribution in [3.63, 3.8) is 0 Å². The van der Waals surface area contributed by atoms with E-state index in [1.165, 1.54) is 17.1 Å². The molecule has 0 aliphatic carbocycles. The van der Waals surface area contributed by atoms with Crippen molar-refractivity contribution < 1.29 is 20.1 Å². The summed E-state index contributed by atoms with van der Waals surface area (Å²) in [6.07, 6.45) is 0.462. The molecule has 1 aliphatic heterocycles. The van der Waals surface area contributed by atoms with E-state index >= 15 is 0 Å². The predicted octanol–water partition coefficient (Wildman–Crippen LogP) is -1.15. The number of ether oxygens (including phenoxy) is 1. The van der Waals surface area contributed by atoms with Gasteiger partial charge in [-0.25, -0.2) is 0 Å². The molecule has 0 bridgehead atoms. The first-order valence-corrected chi connectivity index (χ1v) is 9.31. The van der Waals surface area contributed by atoms with Gasteiger partial charge in [0.05, 0.1) is 0 Å². The van der Waals surface area contributed by atoms with E-state index in [4.69, 9.17) is 4.74 Å². The van der Waals surface area contributed by atoms with Crippen molar-refractivity contribution in [2.24, 2.45) is 0 Å². The molecule has 24 heavy (non-hydrogen) atoms. The molecule has 0 aromatic carbocycles. The van der Waals surface area contributed by atoms with E-state index < -0.39 is 31.1 Å². The van der Waals surface area contributed by atoms with Crippen LogP contribution < -0.4 is 4.59 Å². The van der Waals surface area contributed by atoms with Crippen molar-refractivity contribution >= 4 is 30.6 Å². The summed E-state index contributed by atoms with van der Waals surface area (Å²) in [5, 5.41) is 40.2. The zero-order valence-corrected chi connectivity index (χ0v) is 14.3. The molecule has 0 saturated carbocycles. The third kappa shape index (κ3) is 2.74. The van der Waals surface area contributed by atoms with Crippen LogP contribution in [-0.2, 0) is 4.74 Å². The van der Waals surface area contributed by atoms with E-state index in [1.54, 1.807) is 6.08 Å². The number of rotatable bonds is 5. The van der Waals surface area contributed by atoms with Gasteiger partial charge in [-0.1, -0.05) is 0 Å². The summed E-state index contributed by atoms with van der Waals surface area (Å²) >= 11 is 0.00300. The number of hydrogen-bond acceptors (Lipinski definition) is 7. The Morgan fingerprint density at radius 2 is 2.21 bits per heavy atom. The Kier molecular flexibility index (Phi) is 4.96. The van der Waals surface area contributed by atoms with Gasteiger partial charge in [0.15, 0.2) is 0 Å². The van der Waals surface area contributed by atoms with Gasteiger partial charge in [-0.15, -0.1) is 0 Å². The van der Waals surface area contributed by atoms with Gasteiger partial charge in [0.1, 0.15) is 0 Å². The molecule has 8 nitrogen and oxygen atoms in total. The minimum absolute atomic E-state index is 0.00300. The van der Waals surface area contributed by atoms with E-state index in [0.717, 1.165) is 9.91 Å². The number of fused-ring (bicyclic) bond motifs is 1. The molecule has 0 spiro atoms. The van der Waals surface area contributed by atoms with Crippen molar-refractivity contribution in [1.82, 2.24) is 14.5 Å². The number of aliphatic hydroxyl groups excluding tert-OH is 3. The van der Waals surface area contributed by atoms with Crippen molar-refractivity contribution in [2.75, 3.05) is 6.61 Å². The average molecular weight is 395 g/mol. The molecule has 1 aliphatic rings. The normalized spacial score (nSPS) is 26.6. The first-order chi connectivity index (χ1) is 11.6. The van der Waals surface area contributed by atoms with Gasteiger partial charge in [0.25, 0.3) is 0 Å². The van der Waals surface area contributed by atoms with Crippen LogP contribution in [0.4, 0.5) is 0 Å². The number of aliphatic hydroxyl groups is 3. The van der Waals surface area contributed by atoms with Gasteiger partial charge in [0.2, 0.25) is 0 Å². The molecule has 3 rings (SSSR count). The van der Waals surface area contributed by atoms with Crippen molar-refractivity contribution in [2.45, 2.75) is 29.9 Å². The van der Waals surface area contributed by atoms with E-state index in [9.17, 15) is 20.6 Å². The Morgan fingerprint density at radius 1 is 1.42 bits per heavy atom. The van der Waals surface area contributed by atoms with Crippen LogP contribution in [0.15, 0.2) is 25.2 Å². The van der Waals surface area contributed by atoms with Gasteiger partial charge >= 0.3 is 144 Å². The zero-order valence-electron chi connectivity index (χ0n) is 12.6. The molecule has 0 radical (unpaired) electrons. The molecule has 0 amide bonds. The van der Waals surface area contributed by atoms with Gasteiger partial charge in [-0.2, -0.15) is 0 Å². The van der Waals surface area contributed by atoms with Crippen LogP contribution in [0.3, 0.4) is 0 Å². The van der Waals surface area contributed by atoms with Crippen LogP contribution in [0.1, 0.15) is 11.8 Å². The maximum absolute atomic E-state index is 10.2. The molecule has 2 aromatic heterocycles. The maximum atomic E-state index is 10.2. The standard InChI is InChI=1S/C15H16N4O4Se/c1-2-3-24-14-10-8(4-16)5-19(13(10)17-7-18-14)15-12(22)11(21)9(6-20)23-15/h2,5,7,9,11-12,15,20-22H,1,3,6H2. The van der Waals surface area contributed by atoms with E-state index in [2.05, 4.69) is 22.6 Å². The van der Waals surface area contributed by atoms with Crippen LogP contribution in [0.5, 0.6) is 0 Å². The Morgan fingerprint density at radius 3 is 2.83 bits per heavy atom. The summed E-state index contributed by atoms with van der Waals surface area (Å²) in [5.41, 5.74) is 0.835. The van der Waals surface area contributed by atoms with Gasteiger partial charge in [-0.3, -0.25) is 0 Å². The first kappa shape index (κ1) is 17.0. The monoisotopic (exact) mass is 396 g/mol. The van der Waals surface area contributed by atoms with E-state index in [0.29, 0.717) is 16.6 Å². The van der Waals surface area contributed by atoms with E-state index in [-0.39, 0.29) is 15.0 Å². The van der Waals surface area contributed by atoms with Crippen LogP contribution in [0.25, 0.3) is 11.0 Å². The summed E-state index contributed by atoms with van der Waals surface area (Å²) in [4.78, 5) is 8.49. The second-order valence-electron chi connectivity index (χ2n) is 5.27. The molecule has 9 heteroatoms. The van der Waals surface area contributed by atoms with Gasteiger partial charge < -0.3 is 0 Å². The molecular formula is C15H16N4O4Se. The van der Waals surface area contributed by atoms with Crippen molar-refractivity contribution in [3.8, 4) is 6.07 Å². The summed E-state index contributed by atoms with van der Waals surface area (Å²) in [5.74, 6) is 0. The third-order valence-corrected chi connectivity index (χ3v) is 5.89. The predicted molar refractivity (Wildman–Crippen MR) is 85.6 cm³/mol. The van der Waals surface area contributed by atoms with E-state index in [1.807, 2.05) is 0 Å². The number of allylic oxidation sites excluding steroid dienone is 1. The Hall–Kier alpha value is -1.79. The van der Waals surface area contributed by atoms with Crippen LogP contribution >= 0.6 is 0 Å². The molecule has 3 N–H and O–H groups in total. The average Bonchev–Trinajstić information content (AvgIpc) is 3.11. The molecule has 126 valence electrons. The summed E-state index contributed by atoms with van der Waals surface area (Å²) in [7, 11) is 0. The molecule has 4 atom stereocenters. The SMILES string of the molecule is C=CC[Se]c1ncnc2c1c(C#N)cn2C1OC(CO)C(O)C1O. The second kappa shape index (κ2) is 6.99. The fourth-order valence-corrected chi connectivity index (χ4v) is 4.25. The van der Waals surface area contributed by atoms with Crippen molar-refractivity contribution in [3.05, 3.63) is 30.7 Å². The number of nitrogens with zero attached hydrogens (tertiary/aromatic N) is 4. The molecule has 3 heterocycles. The molecule has 4 unspecified atom stereocenters. The minimum atomic E-state index is -1.23. The molecule has 1 saturated heterocycles. The van der Waals surface area contributed by atoms with Gasteiger partial charge in [0, 0.05) is 0 Å². The fourth-order valence-electron chi connectivity index (χ4n) is 2.69. The third-order valence-electron chi connectivity index (χ3n) is 3.82. The molecule has 1 fully saturated rings. The fraction of sp³-hybridized carbons (Fsp3) is 0.400. The summed E-state index contributed by atoms with van der Waals surface area (Å²) in [6, 6.07) is 2.12. The summed E-state index contributed by atoms with van der Waals surface area (Å²) in [6.45, 7) is 3.29. The second-order valence-corrected chi connectivity index (χ2v) is 7.38. The quantitative estimate of drug-likeness (QED) is 0.431. The first-order valence-electron chi connectivity index (χ1n) is 7.24. The molecular weight excluding hydrogens is 379 g/mol. The Bertz CT molecular complexity index is 803. The number of hydrogen-bond donors (Lipinski definition) is 3. The van der Waals surface area contributed by atoms with Crippen LogP contribution in [0.2, 0.25) is 5.32 Å².